The summed E-state index contributed by atoms with van der Waals surface area (Å²) < 4.78 is 5.54. The summed E-state index contributed by atoms with van der Waals surface area (Å²) in [5.74, 6) is -0.0817. The Hall–Kier alpha value is -3.87. The Morgan fingerprint density at radius 1 is 0.818 bits per heavy atom. The molecule has 0 saturated heterocycles. The summed E-state index contributed by atoms with van der Waals surface area (Å²) in [4.78, 5) is 43.8. The van der Waals surface area contributed by atoms with Gasteiger partial charge in [0.15, 0.2) is 0 Å². The predicted molar refractivity (Wildman–Crippen MR) is 179 cm³/mol. The topological polar surface area (TPSA) is 87.7 Å². The van der Waals surface area contributed by atoms with Crippen molar-refractivity contribution in [2.45, 2.75) is 105 Å². The van der Waals surface area contributed by atoms with Crippen LogP contribution in [0.25, 0.3) is 10.8 Å². The van der Waals surface area contributed by atoms with Gasteiger partial charge in [0.25, 0.3) is 5.91 Å². The van der Waals surface area contributed by atoms with Crippen molar-refractivity contribution in [1.29, 1.82) is 0 Å². The van der Waals surface area contributed by atoms with Gasteiger partial charge in [-0.05, 0) is 99.7 Å². The number of aryl methyl sites for hydroxylation is 1. The van der Waals surface area contributed by atoms with Crippen molar-refractivity contribution in [3.8, 4) is 0 Å². The van der Waals surface area contributed by atoms with Crippen LogP contribution < -0.4 is 10.6 Å². The first-order chi connectivity index (χ1) is 20.7. The lowest BCUT2D eigenvalue weighted by Gasteiger charge is -2.39. The number of ether oxygens (including phenoxy) is 1. The van der Waals surface area contributed by atoms with Crippen molar-refractivity contribution in [3.05, 3.63) is 77.9 Å². The molecule has 0 aromatic heterocycles. The summed E-state index contributed by atoms with van der Waals surface area (Å²) in [5, 5.41) is 8.05. The first-order valence-electron chi connectivity index (χ1n) is 15.8. The van der Waals surface area contributed by atoms with Crippen LogP contribution in [0.2, 0.25) is 0 Å². The number of carbonyl (C=O) groups is 3. The van der Waals surface area contributed by atoms with E-state index in [-0.39, 0.29) is 23.8 Å². The standard InChI is InChI=1S/C37H51N3O4/c1-24(2)18-19-27(6)40(35(42)32(22-25(3)4)39-36(43)44-37(7,8)9)33(31-17-13-10-14-26(31)5)34(41)38-30-21-20-28-15-11-12-16-29(28)23-30/h10-17,20-21,23-25,27,32-33H,18-19,22H2,1-9H3,(H,38,41)(H,39,43). The lowest BCUT2D eigenvalue weighted by molar-refractivity contribution is -0.144. The maximum atomic E-state index is 14.7. The van der Waals surface area contributed by atoms with Crippen LogP contribution in [0.1, 0.15) is 91.8 Å². The molecule has 0 fully saturated rings. The summed E-state index contributed by atoms with van der Waals surface area (Å²) in [6.07, 6.45) is 1.33. The van der Waals surface area contributed by atoms with Crippen LogP contribution in [0.4, 0.5) is 10.5 Å². The van der Waals surface area contributed by atoms with E-state index in [1.807, 2.05) is 94.4 Å². The third kappa shape index (κ3) is 9.83. The van der Waals surface area contributed by atoms with Crippen molar-refractivity contribution in [2.75, 3.05) is 5.32 Å². The normalized spacial score (nSPS) is 13.8. The average molecular weight is 602 g/mol. The van der Waals surface area contributed by atoms with Gasteiger partial charge < -0.3 is 20.3 Å². The Labute approximate surface area is 263 Å². The van der Waals surface area contributed by atoms with Gasteiger partial charge in [-0.1, -0.05) is 82.3 Å². The number of hydrogen-bond acceptors (Lipinski definition) is 4. The van der Waals surface area contributed by atoms with E-state index in [0.29, 0.717) is 24.4 Å². The molecule has 0 radical (unpaired) electrons. The highest BCUT2D eigenvalue weighted by Crippen LogP contribution is 2.31. The molecule has 3 aromatic carbocycles. The summed E-state index contributed by atoms with van der Waals surface area (Å²) in [6, 6.07) is 19.4. The second-order valence-corrected chi connectivity index (χ2v) is 13.7. The number of rotatable bonds is 12. The second kappa shape index (κ2) is 15.2. The molecule has 7 nitrogen and oxygen atoms in total. The number of amides is 3. The van der Waals surface area contributed by atoms with Crippen molar-refractivity contribution in [3.63, 3.8) is 0 Å². The number of nitrogens with one attached hydrogen (secondary N) is 2. The number of nitrogens with zero attached hydrogens (tertiary/aromatic N) is 1. The third-order valence-corrected chi connectivity index (χ3v) is 7.61. The number of alkyl carbamates (subject to hydrolysis) is 1. The third-order valence-electron chi connectivity index (χ3n) is 7.61. The number of anilines is 1. The minimum Gasteiger partial charge on any atom is -0.444 e. The van der Waals surface area contributed by atoms with E-state index in [0.717, 1.165) is 28.3 Å². The van der Waals surface area contributed by atoms with Gasteiger partial charge in [0.05, 0.1) is 0 Å². The second-order valence-electron chi connectivity index (χ2n) is 13.7. The Bertz CT molecular complexity index is 1430. The van der Waals surface area contributed by atoms with Gasteiger partial charge >= 0.3 is 6.09 Å². The molecular weight excluding hydrogens is 550 g/mol. The maximum absolute atomic E-state index is 14.7. The highest BCUT2D eigenvalue weighted by molar-refractivity contribution is 6.00. The molecule has 0 spiro atoms. The van der Waals surface area contributed by atoms with Crippen LogP contribution in [0.15, 0.2) is 66.7 Å². The molecule has 0 aliphatic rings. The fraction of sp³-hybridized carbons (Fsp3) is 0.486. The molecular formula is C37H51N3O4. The van der Waals surface area contributed by atoms with Crippen LogP contribution in [-0.4, -0.2) is 40.5 Å². The van der Waals surface area contributed by atoms with E-state index in [2.05, 4.69) is 24.5 Å². The van der Waals surface area contributed by atoms with E-state index in [4.69, 9.17) is 4.74 Å². The van der Waals surface area contributed by atoms with E-state index >= 15 is 0 Å². The molecule has 0 heterocycles. The first-order valence-corrected chi connectivity index (χ1v) is 15.8. The smallest absolute Gasteiger partial charge is 0.408 e. The molecule has 238 valence electrons. The van der Waals surface area contributed by atoms with Crippen LogP contribution in [0.5, 0.6) is 0 Å². The Morgan fingerprint density at radius 3 is 2.07 bits per heavy atom. The van der Waals surface area contributed by atoms with Gasteiger partial charge in [0, 0.05) is 11.7 Å². The molecule has 3 atom stereocenters. The van der Waals surface area contributed by atoms with Gasteiger partial charge in [-0.15, -0.1) is 0 Å². The molecule has 44 heavy (non-hydrogen) atoms. The summed E-state index contributed by atoms with van der Waals surface area (Å²) >= 11 is 0. The quantitative estimate of drug-likeness (QED) is 0.218. The van der Waals surface area contributed by atoms with Gasteiger partial charge in [-0.2, -0.15) is 0 Å². The fourth-order valence-electron chi connectivity index (χ4n) is 5.42. The van der Waals surface area contributed by atoms with Crippen molar-refractivity contribution in [2.24, 2.45) is 11.8 Å². The summed E-state index contributed by atoms with van der Waals surface area (Å²) in [6.45, 7) is 17.6. The molecule has 3 unspecified atom stereocenters. The van der Waals surface area contributed by atoms with E-state index in [9.17, 15) is 14.4 Å². The molecule has 7 heteroatoms. The van der Waals surface area contributed by atoms with E-state index in [1.165, 1.54) is 0 Å². The summed E-state index contributed by atoms with van der Waals surface area (Å²) in [7, 11) is 0. The zero-order valence-electron chi connectivity index (χ0n) is 27.9. The van der Waals surface area contributed by atoms with Crippen LogP contribution in [0, 0.1) is 18.8 Å². The Kier molecular flexibility index (Phi) is 12.0. The minimum atomic E-state index is -0.924. The molecule has 0 aliphatic carbocycles. The molecule has 0 bridgehead atoms. The van der Waals surface area contributed by atoms with Gasteiger partial charge in [0.2, 0.25) is 5.91 Å². The lowest BCUT2D eigenvalue weighted by Crippen LogP contribution is -2.55. The van der Waals surface area contributed by atoms with Crippen LogP contribution in [0.3, 0.4) is 0 Å². The number of carbonyl (C=O) groups excluding carboxylic acids is 3. The van der Waals surface area contributed by atoms with Crippen molar-refractivity contribution in [1.82, 2.24) is 10.2 Å². The zero-order valence-corrected chi connectivity index (χ0v) is 27.9. The lowest BCUT2D eigenvalue weighted by atomic mass is 9.93. The van der Waals surface area contributed by atoms with Gasteiger partial charge in [-0.3, -0.25) is 9.59 Å². The van der Waals surface area contributed by atoms with E-state index < -0.39 is 23.8 Å². The average Bonchev–Trinajstić information content (AvgIpc) is 2.93. The highest BCUT2D eigenvalue weighted by Gasteiger charge is 2.39. The van der Waals surface area contributed by atoms with Gasteiger partial charge in [-0.25, -0.2) is 4.79 Å². The summed E-state index contributed by atoms with van der Waals surface area (Å²) in [5.41, 5.74) is 1.58. The zero-order chi connectivity index (χ0) is 32.6. The maximum Gasteiger partial charge on any atom is 0.408 e. The van der Waals surface area contributed by atoms with Crippen molar-refractivity contribution < 1.29 is 19.1 Å². The molecule has 2 N–H and O–H groups in total. The number of benzene rings is 3. The minimum absolute atomic E-state index is 0.107. The monoisotopic (exact) mass is 601 g/mol. The highest BCUT2D eigenvalue weighted by atomic mass is 16.6. The molecule has 3 amide bonds. The van der Waals surface area contributed by atoms with Crippen LogP contribution in [-0.2, 0) is 14.3 Å². The molecule has 3 rings (SSSR count). The number of fused-ring (bicyclic) bond motifs is 1. The Balaban J connectivity index is 2.11. The van der Waals surface area contributed by atoms with E-state index in [1.54, 1.807) is 25.7 Å². The number of hydrogen-bond donors (Lipinski definition) is 2. The molecule has 3 aromatic rings. The predicted octanol–water partition coefficient (Wildman–Crippen LogP) is 8.42. The van der Waals surface area contributed by atoms with Crippen molar-refractivity contribution >= 4 is 34.4 Å². The first kappa shape index (κ1) is 34.6. The molecule has 0 aliphatic heterocycles. The SMILES string of the molecule is Cc1ccccc1C(C(=O)Nc1ccc2ccccc2c1)N(C(=O)C(CC(C)C)NC(=O)OC(C)(C)C)C(C)CCC(C)C. The fourth-order valence-corrected chi connectivity index (χ4v) is 5.42. The Morgan fingerprint density at radius 2 is 1.45 bits per heavy atom. The van der Waals surface area contributed by atoms with Crippen LogP contribution >= 0.6 is 0 Å². The molecule has 0 saturated carbocycles. The largest absolute Gasteiger partial charge is 0.444 e. The van der Waals surface area contributed by atoms with Gasteiger partial charge in [0.1, 0.15) is 17.7 Å².